The Labute approximate surface area is 140 Å². The van der Waals surface area contributed by atoms with Crippen LogP contribution >= 0.6 is 0 Å². The number of hydrogen-bond donors (Lipinski definition) is 0. The maximum absolute atomic E-state index is 12.2. The molecule has 0 N–H and O–H groups in total. The van der Waals surface area contributed by atoms with Crippen LogP contribution in [0.4, 0.5) is 0 Å². The molecule has 1 aliphatic rings. The van der Waals surface area contributed by atoms with Gasteiger partial charge < -0.3 is 9.64 Å². The highest BCUT2D eigenvalue weighted by Gasteiger charge is 2.34. The molecule has 7 heteroatoms. The summed E-state index contributed by atoms with van der Waals surface area (Å²) in [4.78, 5) is 50.2. The third-order valence-corrected chi connectivity index (χ3v) is 3.74. The summed E-state index contributed by atoms with van der Waals surface area (Å²) < 4.78 is 5.04. The van der Waals surface area contributed by atoms with E-state index < -0.39 is 12.1 Å². The first-order chi connectivity index (χ1) is 11.3. The molecule has 0 radical (unpaired) electrons. The van der Waals surface area contributed by atoms with Crippen molar-refractivity contribution in [2.75, 3.05) is 20.6 Å². The maximum atomic E-state index is 12.2. The highest BCUT2D eigenvalue weighted by Crippen LogP contribution is 2.22. The van der Waals surface area contributed by atoms with Crippen LogP contribution < -0.4 is 0 Å². The van der Waals surface area contributed by atoms with Gasteiger partial charge in [-0.25, -0.2) is 0 Å². The number of rotatable bonds is 6. The number of ether oxygens (including phenoxy) is 1. The number of fused-ring (bicyclic) bond motifs is 1. The fraction of sp³-hybridized carbons (Fsp3) is 0.412. The van der Waals surface area contributed by atoms with Crippen LogP contribution in [-0.2, 0) is 14.3 Å². The van der Waals surface area contributed by atoms with Gasteiger partial charge in [0.05, 0.1) is 11.1 Å². The summed E-state index contributed by atoms with van der Waals surface area (Å²) in [6.07, 6.45) is -0.544. The Kier molecular flexibility index (Phi) is 5.33. The second-order valence-electron chi connectivity index (χ2n) is 5.78. The zero-order valence-electron chi connectivity index (χ0n) is 13.9. The molecule has 1 aromatic carbocycles. The summed E-state index contributed by atoms with van der Waals surface area (Å²) in [6, 6.07) is 6.62. The first-order valence-electron chi connectivity index (χ1n) is 7.68. The van der Waals surface area contributed by atoms with Crippen LogP contribution in [0.5, 0.6) is 0 Å². The molecule has 0 bridgehead atoms. The van der Waals surface area contributed by atoms with E-state index in [0.717, 1.165) is 4.90 Å². The van der Waals surface area contributed by atoms with E-state index in [1.807, 2.05) is 0 Å². The lowest BCUT2D eigenvalue weighted by atomic mass is 10.1. The second kappa shape index (κ2) is 7.25. The molecule has 1 aromatic rings. The summed E-state index contributed by atoms with van der Waals surface area (Å²) in [5, 5.41) is 0. The Morgan fingerprint density at radius 2 is 1.67 bits per heavy atom. The third kappa shape index (κ3) is 3.61. The average Bonchev–Trinajstić information content (AvgIpc) is 2.79. The van der Waals surface area contributed by atoms with Crippen molar-refractivity contribution in [2.24, 2.45) is 0 Å². The molecule has 0 aromatic heterocycles. The highest BCUT2D eigenvalue weighted by atomic mass is 16.5. The molecule has 1 atom stereocenters. The molecule has 0 saturated carbocycles. The lowest BCUT2D eigenvalue weighted by molar-refractivity contribution is -0.158. The van der Waals surface area contributed by atoms with Crippen molar-refractivity contribution in [3.63, 3.8) is 0 Å². The molecule has 3 amide bonds. The molecule has 0 spiro atoms. The number of hydrogen-bond acceptors (Lipinski definition) is 5. The van der Waals surface area contributed by atoms with Crippen molar-refractivity contribution < 1.29 is 23.9 Å². The quantitative estimate of drug-likeness (QED) is 0.575. The standard InChI is InChI=1S/C17H20N2O5/c1-11(15(21)18(2)3)24-14(20)9-6-10-19-16(22)12-7-4-5-8-13(12)17(19)23/h4-5,7-8,11H,6,9-10H2,1-3H3/t11-/m0/s1. The van der Waals surface area contributed by atoms with Crippen molar-refractivity contribution in [3.8, 4) is 0 Å². The number of esters is 1. The van der Waals surface area contributed by atoms with E-state index in [2.05, 4.69) is 0 Å². The number of likely N-dealkylation sites (N-methyl/N-ethyl adjacent to an activating group) is 1. The van der Waals surface area contributed by atoms with E-state index in [4.69, 9.17) is 4.74 Å². The lowest BCUT2D eigenvalue weighted by Gasteiger charge is -2.17. The largest absolute Gasteiger partial charge is 0.453 e. The molecule has 24 heavy (non-hydrogen) atoms. The number of imide groups is 1. The minimum Gasteiger partial charge on any atom is -0.453 e. The minimum absolute atomic E-state index is 0.0262. The van der Waals surface area contributed by atoms with Gasteiger partial charge in [-0.2, -0.15) is 0 Å². The fourth-order valence-electron chi connectivity index (χ4n) is 2.49. The highest BCUT2D eigenvalue weighted by molar-refractivity contribution is 6.21. The van der Waals surface area contributed by atoms with Crippen LogP contribution in [0.3, 0.4) is 0 Å². The number of nitrogens with zero attached hydrogens (tertiary/aromatic N) is 2. The molecule has 0 aliphatic carbocycles. The monoisotopic (exact) mass is 332 g/mol. The molecule has 0 fully saturated rings. The number of carbonyl (C=O) groups is 4. The van der Waals surface area contributed by atoms with Crippen LogP contribution in [0.2, 0.25) is 0 Å². The van der Waals surface area contributed by atoms with Crippen molar-refractivity contribution in [1.29, 1.82) is 0 Å². The van der Waals surface area contributed by atoms with Gasteiger partial charge in [-0.1, -0.05) is 12.1 Å². The summed E-state index contributed by atoms with van der Waals surface area (Å²) in [6.45, 7) is 1.64. The molecular weight excluding hydrogens is 312 g/mol. The molecule has 2 rings (SSSR count). The van der Waals surface area contributed by atoms with Crippen molar-refractivity contribution >= 4 is 23.7 Å². The lowest BCUT2D eigenvalue weighted by Crippen LogP contribution is -2.35. The zero-order valence-corrected chi connectivity index (χ0v) is 13.9. The topological polar surface area (TPSA) is 84.0 Å². The van der Waals surface area contributed by atoms with Crippen LogP contribution in [0.15, 0.2) is 24.3 Å². The van der Waals surface area contributed by atoms with Crippen molar-refractivity contribution in [2.45, 2.75) is 25.9 Å². The molecule has 7 nitrogen and oxygen atoms in total. The predicted octanol–water partition coefficient (Wildman–Crippen LogP) is 1.08. The molecule has 1 heterocycles. The normalized spacial score (nSPS) is 14.4. The maximum Gasteiger partial charge on any atom is 0.306 e. The summed E-state index contributed by atoms with van der Waals surface area (Å²) in [7, 11) is 3.16. The molecule has 0 saturated heterocycles. The van der Waals surface area contributed by atoms with Gasteiger partial charge in [-0.3, -0.25) is 24.1 Å². The zero-order chi connectivity index (χ0) is 17.9. The van der Waals surface area contributed by atoms with Gasteiger partial charge in [-0.05, 0) is 25.5 Å². The second-order valence-corrected chi connectivity index (χ2v) is 5.78. The third-order valence-electron chi connectivity index (χ3n) is 3.74. The van der Waals surface area contributed by atoms with Crippen LogP contribution in [-0.4, -0.2) is 60.2 Å². The summed E-state index contributed by atoms with van der Waals surface area (Å²) in [5.41, 5.74) is 0.769. The van der Waals surface area contributed by atoms with Crippen LogP contribution in [0.1, 0.15) is 40.5 Å². The molecule has 128 valence electrons. The van der Waals surface area contributed by atoms with Gasteiger partial charge in [-0.15, -0.1) is 0 Å². The average molecular weight is 332 g/mol. The number of benzene rings is 1. The summed E-state index contributed by atoms with van der Waals surface area (Å²) >= 11 is 0. The van der Waals surface area contributed by atoms with E-state index in [1.165, 1.54) is 11.8 Å². The number of carbonyl (C=O) groups excluding carboxylic acids is 4. The van der Waals surface area contributed by atoms with E-state index in [-0.39, 0.29) is 37.1 Å². The Morgan fingerprint density at radius 1 is 1.12 bits per heavy atom. The Morgan fingerprint density at radius 3 is 2.17 bits per heavy atom. The van der Waals surface area contributed by atoms with Gasteiger partial charge in [0, 0.05) is 27.1 Å². The Balaban J connectivity index is 1.83. The van der Waals surface area contributed by atoms with Gasteiger partial charge in [0.25, 0.3) is 17.7 Å². The Hall–Kier alpha value is -2.70. The van der Waals surface area contributed by atoms with Gasteiger partial charge in [0.15, 0.2) is 6.10 Å². The van der Waals surface area contributed by atoms with E-state index in [1.54, 1.807) is 38.4 Å². The molecular formula is C17H20N2O5. The first-order valence-corrected chi connectivity index (χ1v) is 7.68. The van der Waals surface area contributed by atoms with Crippen LogP contribution in [0, 0.1) is 0 Å². The minimum atomic E-state index is -0.855. The van der Waals surface area contributed by atoms with Gasteiger partial charge in [0.1, 0.15) is 0 Å². The molecule has 1 aliphatic heterocycles. The number of amides is 3. The van der Waals surface area contributed by atoms with E-state index in [9.17, 15) is 19.2 Å². The van der Waals surface area contributed by atoms with Gasteiger partial charge >= 0.3 is 5.97 Å². The molecule has 0 unspecified atom stereocenters. The van der Waals surface area contributed by atoms with Gasteiger partial charge in [0.2, 0.25) is 0 Å². The first kappa shape index (κ1) is 17.7. The van der Waals surface area contributed by atoms with Crippen LogP contribution in [0.25, 0.3) is 0 Å². The predicted molar refractivity (Wildman–Crippen MR) is 85.3 cm³/mol. The van der Waals surface area contributed by atoms with E-state index in [0.29, 0.717) is 11.1 Å². The summed E-state index contributed by atoms with van der Waals surface area (Å²) in [5.74, 6) is -1.53. The van der Waals surface area contributed by atoms with E-state index >= 15 is 0 Å². The van der Waals surface area contributed by atoms with Crippen molar-refractivity contribution in [1.82, 2.24) is 9.80 Å². The Bertz CT molecular complexity index is 648. The van der Waals surface area contributed by atoms with Crippen molar-refractivity contribution in [3.05, 3.63) is 35.4 Å². The SMILES string of the molecule is C[C@H](OC(=O)CCCN1C(=O)c2ccccc2C1=O)C(=O)N(C)C. The fourth-order valence-corrected chi connectivity index (χ4v) is 2.49. The smallest absolute Gasteiger partial charge is 0.306 e.